The number of fused-ring (bicyclic) bond motifs is 3. The van der Waals surface area contributed by atoms with Crippen molar-refractivity contribution >= 4 is 15.7 Å². The Balaban J connectivity index is 1.81. The number of hydrogen-bond donors (Lipinski definition) is 2. The van der Waals surface area contributed by atoms with Gasteiger partial charge in [0.05, 0.1) is 18.0 Å². The lowest BCUT2D eigenvalue weighted by Crippen LogP contribution is -2.29. The molecule has 4 rings (SSSR count). The molecule has 2 aromatic carbocycles. The van der Waals surface area contributed by atoms with Gasteiger partial charge in [-0.3, -0.25) is 0 Å². The summed E-state index contributed by atoms with van der Waals surface area (Å²) in [5, 5.41) is 8.88. The molecule has 1 aliphatic carbocycles. The lowest BCUT2D eigenvalue weighted by molar-refractivity contribution is 0.381. The molecule has 0 amide bonds. The van der Waals surface area contributed by atoms with Crippen molar-refractivity contribution in [2.45, 2.75) is 23.3 Å². The van der Waals surface area contributed by atoms with Crippen LogP contribution in [0.25, 0.3) is 0 Å². The maximum atomic E-state index is 11.7. The summed E-state index contributed by atoms with van der Waals surface area (Å²) in [6.07, 6.45) is 5.26. The molecule has 0 saturated heterocycles. The monoisotopic (exact) mass is 356 g/mol. The molecular formula is C19H20N2O3S. The first-order valence-electron chi connectivity index (χ1n) is 8.22. The van der Waals surface area contributed by atoms with E-state index in [1.165, 1.54) is 0 Å². The van der Waals surface area contributed by atoms with E-state index in [1.54, 1.807) is 25.3 Å². The highest BCUT2D eigenvalue weighted by atomic mass is 32.2. The minimum Gasteiger partial charge on any atom is -0.496 e. The maximum absolute atomic E-state index is 11.7. The van der Waals surface area contributed by atoms with Crippen molar-refractivity contribution in [3.05, 3.63) is 65.7 Å². The van der Waals surface area contributed by atoms with E-state index in [-0.39, 0.29) is 16.9 Å². The fraction of sp³-hybridized carbons (Fsp3) is 0.263. The van der Waals surface area contributed by atoms with Gasteiger partial charge in [-0.1, -0.05) is 30.4 Å². The summed E-state index contributed by atoms with van der Waals surface area (Å²) in [4.78, 5) is 0.155. The first-order chi connectivity index (χ1) is 12.0. The minimum absolute atomic E-state index is 0.101. The van der Waals surface area contributed by atoms with Gasteiger partial charge in [0.1, 0.15) is 5.75 Å². The summed E-state index contributed by atoms with van der Waals surface area (Å²) in [7, 11) is -2.03. The summed E-state index contributed by atoms with van der Waals surface area (Å²) < 4.78 is 28.9. The first-order valence-corrected chi connectivity index (χ1v) is 9.76. The fourth-order valence-electron chi connectivity index (χ4n) is 3.98. The van der Waals surface area contributed by atoms with Crippen LogP contribution in [0, 0.1) is 5.92 Å². The van der Waals surface area contributed by atoms with E-state index in [4.69, 9.17) is 9.88 Å². The van der Waals surface area contributed by atoms with Gasteiger partial charge >= 0.3 is 0 Å². The Labute approximate surface area is 147 Å². The number of ether oxygens (including phenoxy) is 1. The number of primary sulfonamides is 1. The van der Waals surface area contributed by atoms with Gasteiger partial charge in [0.15, 0.2) is 0 Å². The van der Waals surface area contributed by atoms with Gasteiger partial charge in [-0.05, 0) is 42.2 Å². The highest BCUT2D eigenvalue weighted by Gasteiger charge is 2.39. The number of methoxy groups -OCH3 is 1. The smallest absolute Gasteiger partial charge is 0.238 e. The summed E-state index contributed by atoms with van der Waals surface area (Å²) >= 11 is 0. The number of hydrogen-bond acceptors (Lipinski definition) is 4. The van der Waals surface area contributed by atoms with Crippen LogP contribution in [0.3, 0.4) is 0 Å². The first kappa shape index (κ1) is 16.2. The molecular weight excluding hydrogens is 336 g/mol. The van der Waals surface area contributed by atoms with Crippen molar-refractivity contribution in [2.24, 2.45) is 11.1 Å². The van der Waals surface area contributed by atoms with E-state index in [0.29, 0.717) is 5.92 Å². The quantitative estimate of drug-likeness (QED) is 0.828. The standard InChI is InChI=1S/C19H20N2O3S/c1-24-18-8-3-2-5-15(18)19-14-7-4-6-13(14)16-11-12(25(20,22)23)9-10-17(16)21-19/h2-6,8-11,13-14,19,21H,7H2,1H3,(H2,20,22,23). The Morgan fingerprint density at radius 3 is 2.72 bits per heavy atom. The van der Waals surface area contributed by atoms with Gasteiger partial charge in [-0.2, -0.15) is 0 Å². The third kappa shape index (κ3) is 2.71. The van der Waals surface area contributed by atoms with Crippen LogP contribution >= 0.6 is 0 Å². The highest BCUT2D eigenvalue weighted by Crippen LogP contribution is 2.51. The average molecular weight is 356 g/mol. The van der Waals surface area contributed by atoms with E-state index >= 15 is 0 Å². The number of rotatable bonds is 3. The Kier molecular flexibility index (Phi) is 3.81. The molecule has 6 heteroatoms. The zero-order chi connectivity index (χ0) is 17.6. The van der Waals surface area contributed by atoms with Crippen molar-refractivity contribution in [3.63, 3.8) is 0 Å². The number of sulfonamides is 1. The van der Waals surface area contributed by atoms with Crippen molar-refractivity contribution in [3.8, 4) is 5.75 Å². The largest absolute Gasteiger partial charge is 0.496 e. The van der Waals surface area contributed by atoms with Crippen molar-refractivity contribution in [2.75, 3.05) is 12.4 Å². The molecule has 0 radical (unpaired) electrons. The molecule has 1 aliphatic heterocycles. The minimum atomic E-state index is -3.71. The zero-order valence-corrected chi connectivity index (χ0v) is 14.7. The van der Waals surface area contributed by atoms with E-state index in [2.05, 4.69) is 23.5 Å². The van der Waals surface area contributed by atoms with Crippen LogP contribution in [0.15, 0.2) is 59.5 Å². The number of allylic oxidation sites excluding steroid dienone is 2. The van der Waals surface area contributed by atoms with Crippen LogP contribution in [0.1, 0.15) is 29.5 Å². The second kappa shape index (κ2) is 5.89. The van der Waals surface area contributed by atoms with E-state index in [9.17, 15) is 8.42 Å². The molecule has 0 aromatic heterocycles. The Morgan fingerprint density at radius 2 is 1.96 bits per heavy atom. The maximum Gasteiger partial charge on any atom is 0.238 e. The molecule has 2 aliphatic rings. The van der Waals surface area contributed by atoms with Crippen molar-refractivity contribution in [1.29, 1.82) is 0 Å². The topological polar surface area (TPSA) is 81.4 Å². The summed E-state index contributed by atoms with van der Waals surface area (Å²) in [5.41, 5.74) is 3.04. The van der Waals surface area contributed by atoms with Crippen LogP contribution in [0.4, 0.5) is 5.69 Å². The van der Waals surface area contributed by atoms with Gasteiger partial charge in [0.25, 0.3) is 0 Å². The molecule has 0 spiro atoms. The van der Waals surface area contributed by atoms with Crippen molar-refractivity contribution < 1.29 is 13.2 Å². The third-order valence-electron chi connectivity index (χ3n) is 5.14. The SMILES string of the molecule is COc1ccccc1C1Nc2ccc(S(N)(=O)=O)cc2C2C=CCC21. The number of nitrogens with two attached hydrogens (primary N) is 1. The third-order valence-corrected chi connectivity index (χ3v) is 6.05. The molecule has 3 atom stereocenters. The molecule has 25 heavy (non-hydrogen) atoms. The Bertz CT molecular complexity index is 953. The van der Waals surface area contributed by atoms with Crippen LogP contribution in [-0.4, -0.2) is 15.5 Å². The summed E-state index contributed by atoms with van der Waals surface area (Å²) in [6.45, 7) is 0. The van der Waals surface area contributed by atoms with Gasteiger partial charge in [-0.25, -0.2) is 13.6 Å². The van der Waals surface area contributed by atoms with Crippen molar-refractivity contribution in [1.82, 2.24) is 0 Å². The second-order valence-corrected chi connectivity index (χ2v) is 8.07. The Morgan fingerprint density at radius 1 is 1.16 bits per heavy atom. The number of nitrogens with one attached hydrogen (secondary N) is 1. The lowest BCUT2D eigenvalue weighted by atomic mass is 9.77. The summed E-state index contributed by atoms with van der Waals surface area (Å²) in [6, 6.07) is 13.2. The number of para-hydroxylation sites is 1. The van der Waals surface area contributed by atoms with Crippen LogP contribution < -0.4 is 15.2 Å². The second-order valence-electron chi connectivity index (χ2n) is 6.51. The zero-order valence-electron chi connectivity index (χ0n) is 13.8. The van der Waals surface area contributed by atoms with E-state index in [1.807, 2.05) is 18.2 Å². The molecule has 1 heterocycles. The molecule has 0 saturated carbocycles. The molecule has 3 unspecified atom stereocenters. The van der Waals surface area contributed by atoms with Gasteiger partial charge in [0, 0.05) is 17.2 Å². The fourth-order valence-corrected chi connectivity index (χ4v) is 4.53. The number of anilines is 1. The van der Waals surface area contributed by atoms with Crippen LogP contribution in [-0.2, 0) is 10.0 Å². The Hall–Kier alpha value is -2.31. The predicted octanol–water partition coefficient (Wildman–Crippen LogP) is 3.17. The normalized spacial score (nSPS) is 24.3. The lowest BCUT2D eigenvalue weighted by Gasteiger charge is -2.38. The molecule has 5 nitrogen and oxygen atoms in total. The predicted molar refractivity (Wildman–Crippen MR) is 97.2 cm³/mol. The molecule has 0 fully saturated rings. The van der Waals surface area contributed by atoms with Gasteiger partial charge < -0.3 is 10.1 Å². The molecule has 130 valence electrons. The molecule has 0 bridgehead atoms. The van der Waals surface area contributed by atoms with Crippen LogP contribution in [0.5, 0.6) is 5.75 Å². The van der Waals surface area contributed by atoms with E-state index < -0.39 is 10.0 Å². The van der Waals surface area contributed by atoms with E-state index in [0.717, 1.165) is 29.0 Å². The average Bonchev–Trinajstić information content (AvgIpc) is 3.10. The number of benzene rings is 2. The molecule has 2 aromatic rings. The van der Waals surface area contributed by atoms with Gasteiger partial charge in [-0.15, -0.1) is 0 Å². The summed E-state index contributed by atoms with van der Waals surface area (Å²) in [5.74, 6) is 1.32. The van der Waals surface area contributed by atoms with Gasteiger partial charge in [0.2, 0.25) is 10.0 Å². The highest BCUT2D eigenvalue weighted by molar-refractivity contribution is 7.89. The van der Waals surface area contributed by atoms with Crippen LogP contribution in [0.2, 0.25) is 0 Å². The molecule has 3 N–H and O–H groups in total.